The molecular formula is C14H16F3N3O. The molecule has 0 unspecified atom stereocenters. The van der Waals surface area contributed by atoms with Crippen LogP contribution in [0.15, 0.2) is 24.3 Å². The van der Waals surface area contributed by atoms with E-state index in [9.17, 15) is 18.0 Å². The number of alkyl halides is 3. The van der Waals surface area contributed by atoms with Crippen molar-refractivity contribution in [2.75, 3.05) is 18.4 Å². The molecule has 0 spiro atoms. The molecule has 0 aliphatic heterocycles. The number of hydrogen-bond acceptors (Lipinski definition) is 3. The Morgan fingerprint density at radius 1 is 1.24 bits per heavy atom. The summed E-state index contributed by atoms with van der Waals surface area (Å²) in [5.74, 6) is -0.563. The van der Waals surface area contributed by atoms with Crippen molar-refractivity contribution in [3.8, 4) is 6.07 Å². The van der Waals surface area contributed by atoms with Crippen LogP contribution in [0.2, 0.25) is 0 Å². The minimum atomic E-state index is -4.34. The molecule has 0 fully saturated rings. The van der Waals surface area contributed by atoms with E-state index in [1.807, 2.05) is 5.32 Å². The summed E-state index contributed by atoms with van der Waals surface area (Å²) in [7, 11) is 0. The van der Waals surface area contributed by atoms with Crippen molar-refractivity contribution in [2.45, 2.75) is 25.4 Å². The summed E-state index contributed by atoms with van der Waals surface area (Å²) in [6.45, 7) is 1.89. The number of carbonyl (C=O) groups is 1. The van der Waals surface area contributed by atoms with Gasteiger partial charge in [-0.15, -0.1) is 0 Å². The van der Waals surface area contributed by atoms with Gasteiger partial charge in [0.2, 0.25) is 5.91 Å². The van der Waals surface area contributed by atoms with Gasteiger partial charge in [0.25, 0.3) is 0 Å². The molecule has 21 heavy (non-hydrogen) atoms. The fourth-order valence-electron chi connectivity index (χ4n) is 1.56. The van der Waals surface area contributed by atoms with Crippen LogP contribution in [0.5, 0.6) is 0 Å². The van der Waals surface area contributed by atoms with Gasteiger partial charge in [0.15, 0.2) is 0 Å². The first-order valence-electron chi connectivity index (χ1n) is 6.23. The van der Waals surface area contributed by atoms with Gasteiger partial charge in [-0.2, -0.15) is 18.4 Å². The Balaban J connectivity index is 2.53. The summed E-state index contributed by atoms with van der Waals surface area (Å²) in [5, 5.41) is 13.5. The number of nitriles is 1. The summed E-state index contributed by atoms with van der Waals surface area (Å²) in [6.07, 6.45) is -4.34. The summed E-state index contributed by atoms with van der Waals surface area (Å²) < 4.78 is 35.7. The van der Waals surface area contributed by atoms with Crippen LogP contribution in [0.4, 0.5) is 18.9 Å². The van der Waals surface area contributed by atoms with Crippen LogP contribution in [0.3, 0.4) is 0 Å². The fourth-order valence-corrected chi connectivity index (χ4v) is 1.56. The highest BCUT2D eigenvalue weighted by Gasteiger charge is 2.26. The molecule has 0 bridgehead atoms. The third-order valence-corrected chi connectivity index (χ3v) is 2.78. The number of rotatable bonds is 5. The lowest BCUT2D eigenvalue weighted by Crippen LogP contribution is -2.35. The van der Waals surface area contributed by atoms with Gasteiger partial charge < -0.3 is 10.6 Å². The highest BCUT2D eigenvalue weighted by Crippen LogP contribution is 2.23. The second kappa shape index (κ2) is 6.59. The van der Waals surface area contributed by atoms with E-state index in [4.69, 9.17) is 5.26 Å². The molecule has 0 atom stereocenters. The molecule has 0 saturated carbocycles. The monoisotopic (exact) mass is 299 g/mol. The SMILES string of the molecule is CC(C)(C#N)c1ccc(NC(=O)CNCC(F)(F)F)cc1. The average Bonchev–Trinajstić information content (AvgIpc) is 2.37. The highest BCUT2D eigenvalue weighted by atomic mass is 19.4. The maximum atomic E-state index is 11.9. The van der Waals surface area contributed by atoms with Crippen LogP contribution in [-0.4, -0.2) is 25.2 Å². The Bertz CT molecular complexity index is 530. The Hall–Kier alpha value is -2.07. The molecule has 2 N–H and O–H groups in total. The first-order chi connectivity index (χ1) is 9.64. The van der Waals surface area contributed by atoms with Crippen LogP contribution in [0.25, 0.3) is 0 Å². The van der Waals surface area contributed by atoms with E-state index >= 15 is 0 Å². The normalized spacial score (nSPS) is 11.8. The van der Waals surface area contributed by atoms with E-state index in [2.05, 4.69) is 11.4 Å². The van der Waals surface area contributed by atoms with Gasteiger partial charge in [0.05, 0.1) is 24.6 Å². The molecule has 7 heteroatoms. The van der Waals surface area contributed by atoms with Crippen molar-refractivity contribution >= 4 is 11.6 Å². The molecule has 4 nitrogen and oxygen atoms in total. The smallest absolute Gasteiger partial charge is 0.325 e. The largest absolute Gasteiger partial charge is 0.401 e. The van der Waals surface area contributed by atoms with Crippen molar-refractivity contribution in [1.29, 1.82) is 5.26 Å². The second-order valence-electron chi connectivity index (χ2n) is 5.08. The minimum Gasteiger partial charge on any atom is -0.325 e. The third kappa shape index (κ3) is 5.83. The van der Waals surface area contributed by atoms with Crippen molar-refractivity contribution in [1.82, 2.24) is 5.32 Å². The number of nitrogens with one attached hydrogen (secondary N) is 2. The zero-order valence-electron chi connectivity index (χ0n) is 11.7. The van der Waals surface area contributed by atoms with E-state index < -0.39 is 30.6 Å². The second-order valence-corrected chi connectivity index (χ2v) is 5.08. The Morgan fingerprint density at radius 3 is 2.29 bits per heavy atom. The van der Waals surface area contributed by atoms with Crippen LogP contribution in [-0.2, 0) is 10.2 Å². The quantitative estimate of drug-likeness (QED) is 0.878. The van der Waals surface area contributed by atoms with Gasteiger partial charge in [-0.3, -0.25) is 4.79 Å². The highest BCUT2D eigenvalue weighted by molar-refractivity contribution is 5.92. The number of anilines is 1. The third-order valence-electron chi connectivity index (χ3n) is 2.78. The standard InChI is InChI=1S/C14H16F3N3O/c1-13(2,8-18)10-3-5-11(6-4-10)20-12(21)7-19-9-14(15,16)17/h3-6,19H,7,9H2,1-2H3,(H,20,21). The van der Waals surface area contributed by atoms with Gasteiger partial charge in [-0.1, -0.05) is 12.1 Å². The Kier molecular flexibility index (Phi) is 5.33. The lowest BCUT2D eigenvalue weighted by Gasteiger charge is -2.16. The molecule has 114 valence electrons. The average molecular weight is 299 g/mol. The van der Waals surface area contributed by atoms with Gasteiger partial charge in [-0.25, -0.2) is 0 Å². The van der Waals surface area contributed by atoms with Crippen LogP contribution >= 0.6 is 0 Å². The van der Waals surface area contributed by atoms with E-state index in [1.165, 1.54) is 0 Å². The van der Waals surface area contributed by atoms with Gasteiger partial charge >= 0.3 is 6.18 Å². The summed E-state index contributed by atoms with van der Waals surface area (Å²) in [5.41, 5.74) is 0.612. The summed E-state index contributed by atoms with van der Waals surface area (Å²) >= 11 is 0. The van der Waals surface area contributed by atoms with E-state index in [0.29, 0.717) is 5.69 Å². The zero-order valence-corrected chi connectivity index (χ0v) is 11.7. The number of carbonyl (C=O) groups excluding carboxylic acids is 1. The van der Waals surface area contributed by atoms with Gasteiger partial charge in [0, 0.05) is 5.69 Å². The van der Waals surface area contributed by atoms with E-state index in [1.54, 1.807) is 38.1 Å². The molecule has 0 aliphatic carbocycles. The predicted octanol–water partition coefficient (Wildman–Crippen LogP) is 2.58. The Labute approximate surface area is 121 Å². The molecule has 0 saturated heterocycles. The maximum Gasteiger partial charge on any atom is 0.401 e. The first kappa shape index (κ1) is 17.0. The lowest BCUT2D eigenvalue weighted by atomic mass is 9.86. The molecule has 0 radical (unpaired) electrons. The van der Waals surface area contributed by atoms with Crippen LogP contribution < -0.4 is 10.6 Å². The molecule has 1 rings (SSSR count). The van der Waals surface area contributed by atoms with Gasteiger partial charge in [0.1, 0.15) is 0 Å². The number of nitrogens with zero attached hydrogens (tertiary/aromatic N) is 1. The number of hydrogen-bond donors (Lipinski definition) is 2. The minimum absolute atomic E-state index is 0.426. The topological polar surface area (TPSA) is 64.9 Å². The first-order valence-corrected chi connectivity index (χ1v) is 6.23. The van der Waals surface area contributed by atoms with Crippen LogP contribution in [0, 0.1) is 11.3 Å². The van der Waals surface area contributed by atoms with Gasteiger partial charge in [-0.05, 0) is 31.5 Å². The zero-order chi connectivity index (χ0) is 16.1. The number of halogens is 3. The van der Waals surface area contributed by atoms with E-state index in [-0.39, 0.29) is 0 Å². The Morgan fingerprint density at radius 2 is 1.81 bits per heavy atom. The summed E-state index contributed by atoms with van der Waals surface area (Å²) in [4.78, 5) is 11.4. The lowest BCUT2D eigenvalue weighted by molar-refractivity contribution is -0.126. The van der Waals surface area contributed by atoms with Crippen molar-refractivity contribution < 1.29 is 18.0 Å². The molecule has 0 aliphatic rings. The summed E-state index contributed by atoms with van der Waals surface area (Å²) in [6, 6.07) is 8.76. The van der Waals surface area contributed by atoms with Crippen molar-refractivity contribution in [3.63, 3.8) is 0 Å². The molecule has 0 aromatic heterocycles. The van der Waals surface area contributed by atoms with Crippen molar-refractivity contribution in [2.24, 2.45) is 0 Å². The molecule has 1 aromatic carbocycles. The fraction of sp³-hybridized carbons (Fsp3) is 0.429. The number of benzene rings is 1. The van der Waals surface area contributed by atoms with Crippen molar-refractivity contribution in [3.05, 3.63) is 29.8 Å². The van der Waals surface area contributed by atoms with E-state index in [0.717, 1.165) is 5.56 Å². The maximum absolute atomic E-state index is 11.9. The predicted molar refractivity (Wildman–Crippen MR) is 72.6 cm³/mol. The molecule has 0 heterocycles. The van der Waals surface area contributed by atoms with Crippen LogP contribution in [0.1, 0.15) is 19.4 Å². The molecular weight excluding hydrogens is 283 g/mol. The number of amides is 1. The molecule has 1 aromatic rings. The molecule has 1 amide bonds.